The molecule has 1 aliphatic heterocycles. The maximum Gasteiger partial charge on any atom is 0.0639 e. The van der Waals surface area contributed by atoms with Gasteiger partial charge in [-0.25, -0.2) is 0 Å². The Labute approximate surface area is 75.6 Å². The molecule has 1 aliphatic rings. The molecule has 2 nitrogen and oxygen atoms in total. The average Bonchev–Trinajstić information content (AvgIpc) is 1.73. The van der Waals surface area contributed by atoms with E-state index in [9.17, 15) is 0 Å². The second-order valence-electron chi connectivity index (χ2n) is 5.13. The fourth-order valence-electron chi connectivity index (χ4n) is 1.64. The highest BCUT2D eigenvalue weighted by Gasteiger charge is 2.35. The van der Waals surface area contributed by atoms with E-state index in [1.54, 1.807) is 0 Å². The highest BCUT2D eigenvalue weighted by atomic mass is 16.3. The van der Waals surface area contributed by atoms with E-state index in [1.165, 1.54) is 0 Å². The number of nitrogens with zero attached hydrogens (tertiary/aromatic N) is 1. The predicted molar refractivity (Wildman–Crippen MR) is 51.1 cm³/mol. The van der Waals surface area contributed by atoms with Crippen LogP contribution < -0.4 is 0 Å². The monoisotopic (exact) mass is 171 g/mol. The molecule has 1 saturated heterocycles. The maximum absolute atomic E-state index is 9.14. The zero-order chi connectivity index (χ0) is 9.35. The summed E-state index contributed by atoms with van der Waals surface area (Å²) in [5.41, 5.74) is 0.440. The van der Waals surface area contributed by atoms with Crippen LogP contribution in [0.15, 0.2) is 0 Å². The van der Waals surface area contributed by atoms with Gasteiger partial charge in [0, 0.05) is 19.6 Å². The Kier molecular flexibility index (Phi) is 2.79. The summed E-state index contributed by atoms with van der Waals surface area (Å²) in [5.74, 6) is 0.816. The summed E-state index contributed by atoms with van der Waals surface area (Å²) in [5, 5.41) is 9.14. The Morgan fingerprint density at radius 2 is 1.92 bits per heavy atom. The SMILES string of the molecule is C[C@@H](O)CN1CC(C(C)(C)C)C1. The molecule has 1 atom stereocenters. The minimum Gasteiger partial charge on any atom is -0.392 e. The van der Waals surface area contributed by atoms with Crippen molar-refractivity contribution in [3.05, 3.63) is 0 Å². The number of hydrogen-bond acceptors (Lipinski definition) is 2. The Morgan fingerprint density at radius 1 is 1.42 bits per heavy atom. The van der Waals surface area contributed by atoms with Crippen LogP contribution in [0.3, 0.4) is 0 Å². The van der Waals surface area contributed by atoms with Crippen molar-refractivity contribution in [2.45, 2.75) is 33.8 Å². The lowest BCUT2D eigenvalue weighted by Gasteiger charge is -2.46. The fraction of sp³-hybridized carbons (Fsp3) is 1.00. The smallest absolute Gasteiger partial charge is 0.0639 e. The summed E-state index contributed by atoms with van der Waals surface area (Å²) in [4.78, 5) is 2.32. The Bertz CT molecular complexity index is 142. The van der Waals surface area contributed by atoms with Crippen LogP contribution in [0.2, 0.25) is 0 Å². The Balaban J connectivity index is 2.20. The Hall–Kier alpha value is -0.0800. The van der Waals surface area contributed by atoms with Crippen LogP contribution >= 0.6 is 0 Å². The third-order valence-electron chi connectivity index (χ3n) is 2.70. The standard InChI is InChI=1S/C10H21NO/c1-8(12)5-11-6-9(7-11)10(2,3)4/h8-9,12H,5-7H2,1-4H3/t8-/m1/s1. The second-order valence-corrected chi connectivity index (χ2v) is 5.13. The normalized spacial score (nSPS) is 23.8. The summed E-state index contributed by atoms with van der Waals surface area (Å²) in [6.07, 6.45) is -0.175. The molecule has 0 bridgehead atoms. The zero-order valence-electron chi connectivity index (χ0n) is 8.67. The molecule has 0 amide bonds. The molecule has 0 spiro atoms. The molecule has 2 heteroatoms. The van der Waals surface area contributed by atoms with Crippen molar-refractivity contribution < 1.29 is 5.11 Å². The van der Waals surface area contributed by atoms with Gasteiger partial charge in [-0.3, -0.25) is 0 Å². The number of aliphatic hydroxyl groups is 1. The second kappa shape index (κ2) is 3.35. The quantitative estimate of drug-likeness (QED) is 0.678. The lowest BCUT2D eigenvalue weighted by molar-refractivity contribution is -0.00229. The molecule has 1 fully saturated rings. The fourth-order valence-corrected chi connectivity index (χ4v) is 1.64. The first kappa shape index (κ1) is 10.0. The van der Waals surface area contributed by atoms with Crippen molar-refractivity contribution in [2.24, 2.45) is 11.3 Å². The van der Waals surface area contributed by atoms with E-state index in [2.05, 4.69) is 25.7 Å². The summed E-state index contributed by atoms with van der Waals surface area (Å²) < 4.78 is 0. The van der Waals surface area contributed by atoms with Crippen molar-refractivity contribution in [3.63, 3.8) is 0 Å². The molecule has 0 saturated carbocycles. The number of hydrogen-bond donors (Lipinski definition) is 1. The van der Waals surface area contributed by atoms with Gasteiger partial charge in [-0.15, -0.1) is 0 Å². The molecule has 1 heterocycles. The highest BCUT2D eigenvalue weighted by Crippen LogP contribution is 2.33. The van der Waals surface area contributed by atoms with Crippen molar-refractivity contribution in [1.82, 2.24) is 4.90 Å². The van der Waals surface area contributed by atoms with E-state index in [1.807, 2.05) is 6.92 Å². The lowest BCUT2D eigenvalue weighted by atomic mass is 9.76. The van der Waals surface area contributed by atoms with Gasteiger partial charge in [-0.1, -0.05) is 20.8 Å². The van der Waals surface area contributed by atoms with Crippen molar-refractivity contribution in [3.8, 4) is 0 Å². The third kappa shape index (κ3) is 2.46. The highest BCUT2D eigenvalue weighted by molar-refractivity contribution is 4.88. The van der Waals surface area contributed by atoms with Gasteiger partial charge in [0.15, 0.2) is 0 Å². The van der Waals surface area contributed by atoms with Crippen LogP contribution in [0.25, 0.3) is 0 Å². The van der Waals surface area contributed by atoms with Crippen molar-refractivity contribution in [2.75, 3.05) is 19.6 Å². The number of β-amino-alcohol motifs (C(OH)–C–C–N with tert-alkyl or cyclic N) is 1. The first-order valence-electron chi connectivity index (χ1n) is 4.80. The first-order valence-corrected chi connectivity index (χ1v) is 4.80. The van der Waals surface area contributed by atoms with Crippen LogP contribution in [-0.2, 0) is 0 Å². The molecular formula is C10H21NO. The molecule has 12 heavy (non-hydrogen) atoms. The average molecular weight is 171 g/mol. The van der Waals surface area contributed by atoms with Crippen LogP contribution in [0.1, 0.15) is 27.7 Å². The van der Waals surface area contributed by atoms with Crippen LogP contribution in [-0.4, -0.2) is 35.7 Å². The molecule has 0 aromatic carbocycles. The summed E-state index contributed by atoms with van der Waals surface area (Å²) in [6.45, 7) is 11.9. The maximum atomic E-state index is 9.14. The lowest BCUT2D eigenvalue weighted by Crippen LogP contribution is -2.53. The summed E-state index contributed by atoms with van der Waals surface area (Å²) >= 11 is 0. The van der Waals surface area contributed by atoms with E-state index in [0.717, 1.165) is 25.6 Å². The predicted octanol–water partition coefficient (Wildman–Crippen LogP) is 1.35. The molecular weight excluding hydrogens is 150 g/mol. The summed E-state index contributed by atoms with van der Waals surface area (Å²) in [6, 6.07) is 0. The molecule has 0 aliphatic carbocycles. The first-order chi connectivity index (χ1) is 5.39. The van der Waals surface area contributed by atoms with Gasteiger partial charge >= 0.3 is 0 Å². The molecule has 0 aromatic rings. The largest absolute Gasteiger partial charge is 0.392 e. The molecule has 72 valence electrons. The van der Waals surface area contributed by atoms with Crippen LogP contribution in [0.4, 0.5) is 0 Å². The minimum absolute atomic E-state index is 0.175. The zero-order valence-corrected chi connectivity index (χ0v) is 8.67. The van der Waals surface area contributed by atoms with Gasteiger partial charge in [0.05, 0.1) is 6.10 Å². The number of rotatable bonds is 2. The minimum atomic E-state index is -0.175. The topological polar surface area (TPSA) is 23.5 Å². The van der Waals surface area contributed by atoms with E-state index in [-0.39, 0.29) is 6.10 Å². The number of aliphatic hydroxyl groups excluding tert-OH is 1. The van der Waals surface area contributed by atoms with Gasteiger partial charge < -0.3 is 10.0 Å². The molecule has 1 rings (SSSR count). The van der Waals surface area contributed by atoms with E-state index in [0.29, 0.717) is 5.41 Å². The van der Waals surface area contributed by atoms with E-state index in [4.69, 9.17) is 5.11 Å². The molecule has 1 N–H and O–H groups in total. The van der Waals surface area contributed by atoms with Gasteiger partial charge in [-0.2, -0.15) is 0 Å². The van der Waals surface area contributed by atoms with Gasteiger partial charge in [0.1, 0.15) is 0 Å². The molecule has 0 radical (unpaired) electrons. The number of likely N-dealkylation sites (tertiary alicyclic amines) is 1. The Morgan fingerprint density at radius 3 is 2.25 bits per heavy atom. The van der Waals surface area contributed by atoms with Crippen LogP contribution in [0.5, 0.6) is 0 Å². The third-order valence-corrected chi connectivity index (χ3v) is 2.70. The van der Waals surface area contributed by atoms with Crippen molar-refractivity contribution >= 4 is 0 Å². The molecule has 0 aromatic heterocycles. The van der Waals surface area contributed by atoms with Gasteiger partial charge in [0.25, 0.3) is 0 Å². The van der Waals surface area contributed by atoms with Gasteiger partial charge in [-0.05, 0) is 18.3 Å². The summed E-state index contributed by atoms with van der Waals surface area (Å²) in [7, 11) is 0. The molecule has 0 unspecified atom stereocenters. The van der Waals surface area contributed by atoms with Crippen molar-refractivity contribution in [1.29, 1.82) is 0 Å². The van der Waals surface area contributed by atoms with E-state index >= 15 is 0 Å². The van der Waals surface area contributed by atoms with Crippen LogP contribution in [0, 0.1) is 11.3 Å². The van der Waals surface area contributed by atoms with Gasteiger partial charge in [0.2, 0.25) is 0 Å². The van der Waals surface area contributed by atoms with E-state index < -0.39 is 0 Å².